The Hall–Kier alpha value is -0.890. The highest BCUT2D eigenvalue weighted by Crippen LogP contribution is 2.28. The zero-order valence-electron chi connectivity index (χ0n) is 9.51. The van der Waals surface area contributed by atoms with Crippen molar-refractivity contribution in [2.45, 2.75) is 34.6 Å². The second kappa shape index (κ2) is 4.56. The van der Waals surface area contributed by atoms with Crippen LogP contribution < -0.4 is 0 Å². The average Bonchev–Trinajstić information content (AvgIpc) is 2.59. The van der Waals surface area contributed by atoms with Crippen molar-refractivity contribution in [3.63, 3.8) is 0 Å². The molecule has 2 heteroatoms. The molecular formula is C12H17NS. The molecule has 76 valence electrons. The molecular weight excluding hydrogens is 190 g/mol. The lowest BCUT2D eigenvalue weighted by molar-refractivity contribution is 1.35. The molecule has 0 amide bonds. The summed E-state index contributed by atoms with van der Waals surface area (Å²) in [6.45, 7) is 10.4. The fourth-order valence-corrected chi connectivity index (χ4v) is 2.44. The molecule has 0 N–H and O–H groups in total. The first-order chi connectivity index (χ1) is 6.70. The molecule has 1 aromatic carbocycles. The molecule has 0 radical (unpaired) electrons. The van der Waals surface area contributed by atoms with Crippen LogP contribution in [0.5, 0.6) is 0 Å². The summed E-state index contributed by atoms with van der Waals surface area (Å²) in [6, 6.07) is 4.33. The molecule has 1 heterocycles. The quantitative estimate of drug-likeness (QED) is 0.629. The van der Waals surface area contributed by atoms with Crippen LogP contribution in [0, 0.1) is 20.8 Å². The van der Waals surface area contributed by atoms with Crippen LogP contribution in [0.15, 0.2) is 12.1 Å². The lowest BCUT2D eigenvalue weighted by Gasteiger charge is -1.98. The molecule has 0 atom stereocenters. The summed E-state index contributed by atoms with van der Waals surface area (Å²) >= 11 is 1.60. The van der Waals surface area contributed by atoms with Gasteiger partial charge in [-0.05, 0) is 43.4 Å². The van der Waals surface area contributed by atoms with E-state index in [1.807, 2.05) is 13.8 Å². The van der Waals surface area contributed by atoms with Crippen molar-refractivity contribution in [1.29, 1.82) is 0 Å². The van der Waals surface area contributed by atoms with Gasteiger partial charge in [0.15, 0.2) is 0 Å². The minimum atomic E-state index is 1.16. The van der Waals surface area contributed by atoms with Crippen molar-refractivity contribution >= 4 is 21.6 Å². The van der Waals surface area contributed by atoms with Gasteiger partial charge in [0.1, 0.15) is 0 Å². The maximum absolute atomic E-state index is 4.36. The third kappa shape index (κ3) is 1.80. The Bertz CT molecular complexity index is 429. The van der Waals surface area contributed by atoms with Crippen molar-refractivity contribution in [3.8, 4) is 0 Å². The summed E-state index contributed by atoms with van der Waals surface area (Å²) in [6.07, 6.45) is 0. The van der Waals surface area contributed by atoms with E-state index in [0.29, 0.717) is 0 Å². The van der Waals surface area contributed by atoms with E-state index in [2.05, 4.69) is 37.3 Å². The van der Waals surface area contributed by atoms with Crippen LogP contribution >= 0.6 is 11.5 Å². The van der Waals surface area contributed by atoms with Crippen molar-refractivity contribution in [2.75, 3.05) is 0 Å². The second-order valence-corrected chi connectivity index (χ2v) is 3.94. The Morgan fingerprint density at radius 3 is 2.14 bits per heavy atom. The number of rotatable bonds is 0. The van der Waals surface area contributed by atoms with Crippen LogP contribution in [-0.2, 0) is 0 Å². The Morgan fingerprint density at radius 1 is 1.00 bits per heavy atom. The van der Waals surface area contributed by atoms with Gasteiger partial charge >= 0.3 is 0 Å². The first-order valence-corrected chi connectivity index (χ1v) is 5.79. The van der Waals surface area contributed by atoms with Gasteiger partial charge in [-0.25, -0.2) is 0 Å². The number of benzene rings is 1. The van der Waals surface area contributed by atoms with Gasteiger partial charge in [0.2, 0.25) is 0 Å². The highest BCUT2D eigenvalue weighted by atomic mass is 32.1. The van der Waals surface area contributed by atoms with Gasteiger partial charge in [0.05, 0.1) is 10.4 Å². The molecule has 0 aliphatic carbocycles. The van der Waals surface area contributed by atoms with Gasteiger partial charge in [0.25, 0.3) is 0 Å². The normalized spacial score (nSPS) is 9.79. The molecule has 14 heavy (non-hydrogen) atoms. The first kappa shape index (κ1) is 11.2. The summed E-state index contributed by atoms with van der Waals surface area (Å²) in [5.41, 5.74) is 3.83. The van der Waals surface area contributed by atoms with E-state index in [9.17, 15) is 0 Å². The Balaban J connectivity index is 0.000000461. The molecule has 0 aliphatic rings. The summed E-state index contributed by atoms with van der Waals surface area (Å²) in [5.74, 6) is 0. The number of aromatic nitrogens is 1. The SMILES string of the molecule is CC.Cc1ccc(C)c2c(C)nsc12. The monoisotopic (exact) mass is 207 g/mol. The average molecular weight is 207 g/mol. The molecule has 2 rings (SSSR count). The van der Waals surface area contributed by atoms with Gasteiger partial charge in [0, 0.05) is 5.39 Å². The first-order valence-electron chi connectivity index (χ1n) is 5.02. The standard InChI is InChI=1S/C10H11NS.C2H6/c1-6-4-5-7(2)10-9(6)8(3)11-12-10;1-2/h4-5H,1-3H3;1-2H3. The molecule has 0 aliphatic heterocycles. The van der Waals surface area contributed by atoms with E-state index in [4.69, 9.17) is 0 Å². The van der Waals surface area contributed by atoms with E-state index in [1.165, 1.54) is 21.2 Å². The molecule has 0 unspecified atom stereocenters. The number of hydrogen-bond acceptors (Lipinski definition) is 2. The van der Waals surface area contributed by atoms with E-state index in [0.717, 1.165) is 5.69 Å². The number of nitrogens with zero attached hydrogens (tertiary/aromatic N) is 1. The maximum atomic E-state index is 4.36. The van der Waals surface area contributed by atoms with Crippen molar-refractivity contribution in [3.05, 3.63) is 29.0 Å². The lowest BCUT2D eigenvalue weighted by Crippen LogP contribution is -1.79. The number of fused-ring (bicyclic) bond motifs is 1. The van der Waals surface area contributed by atoms with E-state index in [-0.39, 0.29) is 0 Å². The largest absolute Gasteiger partial charge is 0.197 e. The summed E-state index contributed by atoms with van der Waals surface area (Å²) < 4.78 is 5.70. The zero-order chi connectivity index (χ0) is 10.7. The summed E-state index contributed by atoms with van der Waals surface area (Å²) in [4.78, 5) is 0. The van der Waals surface area contributed by atoms with Gasteiger partial charge in [-0.3, -0.25) is 0 Å². The van der Waals surface area contributed by atoms with Crippen LogP contribution in [-0.4, -0.2) is 4.37 Å². The highest BCUT2D eigenvalue weighted by molar-refractivity contribution is 7.13. The minimum Gasteiger partial charge on any atom is -0.197 e. The smallest absolute Gasteiger partial charge is 0.0592 e. The molecule has 0 saturated heterocycles. The van der Waals surface area contributed by atoms with Gasteiger partial charge in [-0.2, -0.15) is 4.37 Å². The van der Waals surface area contributed by atoms with Gasteiger partial charge in [-0.15, -0.1) is 0 Å². The predicted octanol–water partition coefficient (Wildman–Crippen LogP) is 4.25. The van der Waals surface area contributed by atoms with Gasteiger partial charge < -0.3 is 0 Å². The van der Waals surface area contributed by atoms with E-state index in [1.54, 1.807) is 11.5 Å². The molecule has 0 saturated carbocycles. The number of aryl methyl sites for hydroxylation is 3. The molecule has 0 spiro atoms. The molecule has 1 aromatic heterocycles. The third-order valence-electron chi connectivity index (χ3n) is 2.20. The predicted molar refractivity (Wildman–Crippen MR) is 65.2 cm³/mol. The number of hydrogen-bond donors (Lipinski definition) is 0. The highest BCUT2D eigenvalue weighted by Gasteiger charge is 2.06. The van der Waals surface area contributed by atoms with Crippen LogP contribution in [0.4, 0.5) is 0 Å². The minimum absolute atomic E-state index is 1.16. The second-order valence-electron chi connectivity index (χ2n) is 3.17. The fourth-order valence-electron chi connectivity index (χ4n) is 1.51. The van der Waals surface area contributed by atoms with Crippen molar-refractivity contribution in [1.82, 2.24) is 4.37 Å². The topological polar surface area (TPSA) is 12.9 Å². The van der Waals surface area contributed by atoms with E-state index < -0.39 is 0 Å². The lowest BCUT2D eigenvalue weighted by atomic mass is 10.1. The zero-order valence-corrected chi connectivity index (χ0v) is 10.3. The Morgan fingerprint density at radius 2 is 1.57 bits per heavy atom. The molecule has 0 fully saturated rings. The van der Waals surface area contributed by atoms with Gasteiger partial charge in [-0.1, -0.05) is 26.0 Å². The fraction of sp³-hybridized carbons (Fsp3) is 0.417. The third-order valence-corrected chi connectivity index (χ3v) is 3.27. The van der Waals surface area contributed by atoms with Crippen LogP contribution in [0.1, 0.15) is 30.7 Å². The van der Waals surface area contributed by atoms with Crippen LogP contribution in [0.3, 0.4) is 0 Å². The molecule has 0 bridgehead atoms. The van der Waals surface area contributed by atoms with Crippen LogP contribution in [0.25, 0.3) is 10.1 Å². The Labute approximate surface area is 89.9 Å². The summed E-state index contributed by atoms with van der Waals surface area (Å²) in [7, 11) is 0. The molecule has 2 aromatic rings. The maximum Gasteiger partial charge on any atom is 0.0592 e. The van der Waals surface area contributed by atoms with Crippen molar-refractivity contribution in [2.24, 2.45) is 0 Å². The van der Waals surface area contributed by atoms with E-state index >= 15 is 0 Å². The Kier molecular flexibility index (Phi) is 3.64. The summed E-state index contributed by atoms with van der Waals surface area (Å²) in [5, 5.41) is 1.35. The molecule has 1 nitrogen and oxygen atoms in total. The van der Waals surface area contributed by atoms with Crippen LogP contribution in [0.2, 0.25) is 0 Å². The van der Waals surface area contributed by atoms with Crippen molar-refractivity contribution < 1.29 is 0 Å².